The van der Waals surface area contributed by atoms with Gasteiger partial charge < -0.3 is 21.8 Å². The fraction of sp³-hybridized carbons (Fsp3) is 0.0455. The molecule has 0 spiro atoms. The first kappa shape index (κ1) is 17.7. The van der Waals surface area contributed by atoms with Crippen LogP contribution in [-0.2, 0) is 6.54 Å². The van der Waals surface area contributed by atoms with E-state index in [1.54, 1.807) is 12.4 Å². The number of hydrogen-bond donors (Lipinski definition) is 5. The molecule has 0 saturated heterocycles. The number of nitrogen functional groups attached to an aromatic ring is 2. The number of anilines is 2. The molecular weight excluding hydrogens is 378 g/mol. The van der Waals surface area contributed by atoms with Gasteiger partial charge in [0.15, 0.2) is 0 Å². The van der Waals surface area contributed by atoms with Crippen LogP contribution in [0.3, 0.4) is 0 Å². The molecule has 3 aromatic heterocycles. The number of hydrogen-bond acceptors (Lipinski definition) is 5. The first-order valence-corrected chi connectivity index (χ1v) is 9.41. The molecule has 3 heterocycles. The number of nitrogens with two attached hydrogens (primary N) is 2. The van der Waals surface area contributed by atoms with Crippen molar-refractivity contribution in [2.24, 2.45) is 0 Å². The minimum absolute atomic E-state index is 0.199. The smallest absolute Gasteiger partial charge is 0.253 e. The van der Waals surface area contributed by atoms with E-state index in [9.17, 15) is 4.79 Å². The summed E-state index contributed by atoms with van der Waals surface area (Å²) >= 11 is 0. The Balaban J connectivity index is 1.54. The quantitative estimate of drug-likeness (QED) is 0.296. The van der Waals surface area contributed by atoms with Crippen LogP contribution in [0.15, 0.2) is 61.1 Å². The van der Waals surface area contributed by atoms with Crippen molar-refractivity contribution in [3.63, 3.8) is 0 Å². The largest absolute Gasteiger partial charge is 0.399 e. The fourth-order valence-corrected chi connectivity index (χ4v) is 3.65. The van der Waals surface area contributed by atoms with Crippen LogP contribution in [0, 0.1) is 0 Å². The third-order valence-corrected chi connectivity index (χ3v) is 5.10. The van der Waals surface area contributed by atoms with Gasteiger partial charge in [-0.25, -0.2) is 4.98 Å². The van der Waals surface area contributed by atoms with Gasteiger partial charge in [0.25, 0.3) is 5.91 Å². The van der Waals surface area contributed by atoms with Crippen LogP contribution >= 0.6 is 0 Å². The summed E-state index contributed by atoms with van der Waals surface area (Å²) in [5.74, 6) is 0.238. The summed E-state index contributed by atoms with van der Waals surface area (Å²) in [5.41, 5.74) is 17.2. The van der Waals surface area contributed by atoms with Crippen molar-refractivity contribution in [1.29, 1.82) is 0 Å². The zero-order chi connectivity index (χ0) is 20.7. The molecule has 1 amide bonds. The van der Waals surface area contributed by atoms with Crippen LogP contribution in [0.1, 0.15) is 15.9 Å². The molecule has 0 unspecified atom stereocenters. The highest BCUT2D eigenvalue weighted by Gasteiger charge is 2.16. The average molecular weight is 397 g/mol. The summed E-state index contributed by atoms with van der Waals surface area (Å²) in [6.45, 7) is 0.374. The predicted octanol–water partition coefficient (Wildman–Crippen LogP) is 3.20. The Morgan fingerprint density at radius 1 is 1.10 bits per heavy atom. The minimum Gasteiger partial charge on any atom is -0.399 e. The van der Waals surface area contributed by atoms with Gasteiger partial charge in [0.05, 0.1) is 29.0 Å². The van der Waals surface area contributed by atoms with Crippen molar-refractivity contribution in [2.75, 3.05) is 11.5 Å². The summed E-state index contributed by atoms with van der Waals surface area (Å²) in [6, 6.07) is 13.1. The number of benzene rings is 2. The van der Waals surface area contributed by atoms with Crippen molar-refractivity contribution in [3.8, 4) is 11.1 Å². The Bertz CT molecular complexity index is 1400. The Labute approximate surface area is 171 Å². The van der Waals surface area contributed by atoms with Gasteiger partial charge in [-0.1, -0.05) is 12.1 Å². The van der Waals surface area contributed by atoms with E-state index >= 15 is 0 Å². The molecule has 0 aliphatic carbocycles. The van der Waals surface area contributed by atoms with Crippen LogP contribution < -0.4 is 16.8 Å². The van der Waals surface area contributed by atoms with Gasteiger partial charge in [-0.05, 0) is 41.5 Å². The lowest BCUT2D eigenvalue weighted by Gasteiger charge is -2.09. The maximum absolute atomic E-state index is 13.0. The molecule has 2 aromatic carbocycles. The second-order valence-electron chi connectivity index (χ2n) is 7.14. The molecule has 30 heavy (non-hydrogen) atoms. The highest BCUT2D eigenvalue weighted by Crippen LogP contribution is 2.32. The number of amides is 1. The lowest BCUT2D eigenvalue weighted by molar-refractivity contribution is 0.0952. The standard InChI is InChI=1S/C22H19N7O/c23-15-3-1-2-12(4-15)8-27-22(30)17-6-13(5-14-9-28-29-21(14)17)18-10-25-19-11-26-20(24)7-16(18)19/h1-7,9-11,25H,8,23H2,(H2,24,26)(H,27,30)(H,28,29). The number of aromatic amines is 2. The molecule has 5 rings (SSSR count). The molecule has 0 aliphatic heterocycles. The normalized spacial score (nSPS) is 11.2. The molecule has 7 N–H and O–H groups in total. The molecule has 0 aliphatic rings. The van der Waals surface area contributed by atoms with Gasteiger partial charge in [-0.2, -0.15) is 5.10 Å². The molecule has 5 aromatic rings. The van der Waals surface area contributed by atoms with E-state index in [1.165, 1.54) is 0 Å². The van der Waals surface area contributed by atoms with Crippen LogP contribution in [0.4, 0.5) is 11.5 Å². The molecule has 8 heteroatoms. The predicted molar refractivity (Wildman–Crippen MR) is 118 cm³/mol. The van der Waals surface area contributed by atoms with E-state index in [0.29, 0.717) is 29.1 Å². The SMILES string of the molecule is Nc1cccc(CNC(=O)c2cc(-c3c[nH]c4cnc(N)cc34)cc3cn[nH]c23)c1. The fourth-order valence-electron chi connectivity index (χ4n) is 3.65. The van der Waals surface area contributed by atoms with Gasteiger partial charge in [-0.3, -0.25) is 9.89 Å². The zero-order valence-electron chi connectivity index (χ0n) is 15.9. The second-order valence-corrected chi connectivity index (χ2v) is 7.14. The molecule has 0 radical (unpaired) electrons. The number of nitrogens with one attached hydrogen (secondary N) is 3. The highest BCUT2D eigenvalue weighted by molar-refractivity contribution is 6.08. The molecule has 0 atom stereocenters. The van der Waals surface area contributed by atoms with Crippen molar-refractivity contribution in [2.45, 2.75) is 6.54 Å². The number of pyridine rings is 1. The number of H-pyrrole nitrogens is 2. The van der Waals surface area contributed by atoms with Gasteiger partial charge in [0.1, 0.15) is 5.82 Å². The zero-order valence-corrected chi connectivity index (χ0v) is 15.9. The number of aromatic nitrogens is 4. The Hall–Kier alpha value is -4.33. The first-order valence-electron chi connectivity index (χ1n) is 9.41. The third-order valence-electron chi connectivity index (χ3n) is 5.10. The van der Waals surface area contributed by atoms with Gasteiger partial charge in [0, 0.05) is 34.8 Å². The average Bonchev–Trinajstić information content (AvgIpc) is 3.37. The number of fused-ring (bicyclic) bond motifs is 2. The van der Waals surface area contributed by atoms with Crippen molar-refractivity contribution in [1.82, 2.24) is 25.5 Å². The molecule has 0 fully saturated rings. The van der Waals surface area contributed by atoms with Crippen LogP contribution in [0.25, 0.3) is 32.9 Å². The van der Waals surface area contributed by atoms with Gasteiger partial charge in [-0.15, -0.1) is 0 Å². The lowest BCUT2D eigenvalue weighted by Crippen LogP contribution is -2.23. The van der Waals surface area contributed by atoms with Crippen molar-refractivity contribution < 1.29 is 4.79 Å². The monoisotopic (exact) mass is 397 g/mol. The Morgan fingerprint density at radius 3 is 2.87 bits per heavy atom. The number of carbonyl (C=O) groups excluding carboxylic acids is 1. The maximum atomic E-state index is 13.0. The first-order chi connectivity index (χ1) is 14.6. The minimum atomic E-state index is -0.199. The highest BCUT2D eigenvalue weighted by atomic mass is 16.1. The van der Waals surface area contributed by atoms with Crippen molar-refractivity contribution in [3.05, 3.63) is 72.2 Å². The Kier molecular flexibility index (Phi) is 4.10. The number of nitrogens with zero attached hydrogens (tertiary/aromatic N) is 2. The number of rotatable bonds is 4. The van der Waals surface area contributed by atoms with Crippen LogP contribution in [0.5, 0.6) is 0 Å². The molecule has 148 valence electrons. The maximum Gasteiger partial charge on any atom is 0.253 e. The summed E-state index contributed by atoms with van der Waals surface area (Å²) in [4.78, 5) is 20.3. The molecule has 0 saturated carbocycles. The summed E-state index contributed by atoms with van der Waals surface area (Å²) in [5, 5.41) is 11.8. The topological polar surface area (TPSA) is 138 Å². The second kappa shape index (κ2) is 6.93. The molecule has 0 bridgehead atoms. The van der Waals surface area contributed by atoms with E-state index < -0.39 is 0 Å². The lowest BCUT2D eigenvalue weighted by atomic mass is 10.00. The van der Waals surface area contributed by atoms with E-state index in [0.717, 1.165) is 33.0 Å². The van der Waals surface area contributed by atoms with Crippen LogP contribution in [-0.4, -0.2) is 26.1 Å². The Morgan fingerprint density at radius 2 is 2.00 bits per heavy atom. The number of carbonyl (C=O) groups is 1. The summed E-state index contributed by atoms with van der Waals surface area (Å²) in [6.07, 6.45) is 5.30. The summed E-state index contributed by atoms with van der Waals surface area (Å²) in [7, 11) is 0. The third kappa shape index (κ3) is 3.10. The van der Waals surface area contributed by atoms with Gasteiger partial charge >= 0.3 is 0 Å². The van der Waals surface area contributed by atoms with Crippen LogP contribution in [0.2, 0.25) is 0 Å². The summed E-state index contributed by atoms with van der Waals surface area (Å²) < 4.78 is 0. The molecular formula is C22H19N7O. The molecule has 8 nitrogen and oxygen atoms in total. The van der Waals surface area contributed by atoms with E-state index in [1.807, 2.05) is 48.7 Å². The van der Waals surface area contributed by atoms with E-state index in [2.05, 4.69) is 25.5 Å². The van der Waals surface area contributed by atoms with E-state index in [-0.39, 0.29) is 5.91 Å². The van der Waals surface area contributed by atoms with Gasteiger partial charge in [0.2, 0.25) is 0 Å². The van der Waals surface area contributed by atoms with E-state index in [4.69, 9.17) is 11.5 Å². The van der Waals surface area contributed by atoms with Crippen molar-refractivity contribution >= 4 is 39.2 Å².